The second-order valence-corrected chi connectivity index (χ2v) is 6.91. The molecule has 1 N–H and O–H groups in total. The van der Waals surface area contributed by atoms with E-state index in [0.717, 1.165) is 22.2 Å². The average molecular weight is 403 g/mol. The lowest BCUT2D eigenvalue weighted by atomic mass is 10.0. The number of benzene rings is 2. The summed E-state index contributed by atoms with van der Waals surface area (Å²) in [5.41, 5.74) is 4.72. The number of H-pyrrole nitrogens is 1. The summed E-state index contributed by atoms with van der Waals surface area (Å²) in [7, 11) is 2.54. The van der Waals surface area contributed by atoms with Crippen molar-refractivity contribution in [3.8, 4) is 16.9 Å². The van der Waals surface area contributed by atoms with E-state index in [1.165, 1.54) is 18.9 Å². The number of aromatic amines is 1. The number of para-hydroxylation sites is 2. The molecule has 4 aromatic rings. The number of aryl methyl sites for hydroxylation is 2. The zero-order chi connectivity index (χ0) is 21.4. The van der Waals surface area contributed by atoms with Gasteiger partial charge in [0, 0.05) is 16.6 Å². The molecule has 0 amide bonds. The van der Waals surface area contributed by atoms with Crippen LogP contribution in [0.3, 0.4) is 0 Å². The van der Waals surface area contributed by atoms with Gasteiger partial charge >= 0.3 is 11.9 Å². The normalized spacial score (nSPS) is 10.9. The fraction of sp³-hybridized carbons (Fsp3) is 0.174. The van der Waals surface area contributed by atoms with E-state index >= 15 is 0 Å². The second-order valence-electron chi connectivity index (χ2n) is 6.91. The van der Waals surface area contributed by atoms with Crippen molar-refractivity contribution in [3.63, 3.8) is 0 Å². The first-order chi connectivity index (χ1) is 14.5. The number of rotatable bonds is 4. The maximum Gasteiger partial charge on any atom is 0.357 e. The van der Waals surface area contributed by atoms with E-state index in [-0.39, 0.29) is 11.3 Å². The Bertz CT molecular complexity index is 1270. The molecular formula is C23H21N3O4. The Labute approximate surface area is 173 Å². The van der Waals surface area contributed by atoms with Crippen molar-refractivity contribution in [2.24, 2.45) is 0 Å². The summed E-state index contributed by atoms with van der Waals surface area (Å²) in [5.74, 6) is -1.34. The Morgan fingerprint density at radius 3 is 2.30 bits per heavy atom. The van der Waals surface area contributed by atoms with Crippen LogP contribution in [0.15, 0.2) is 48.5 Å². The second kappa shape index (κ2) is 7.51. The highest BCUT2D eigenvalue weighted by molar-refractivity contribution is 6.09. The molecule has 0 saturated heterocycles. The van der Waals surface area contributed by atoms with Gasteiger partial charge in [0.1, 0.15) is 11.3 Å². The number of hydrogen-bond acceptors (Lipinski definition) is 5. The van der Waals surface area contributed by atoms with Crippen LogP contribution in [0.25, 0.3) is 27.8 Å². The first-order valence-corrected chi connectivity index (χ1v) is 9.41. The smallest absolute Gasteiger partial charge is 0.357 e. The molecule has 2 aromatic carbocycles. The van der Waals surface area contributed by atoms with Crippen LogP contribution in [-0.4, -0.2) is 40.9 Å². The molecule has 4 rings (SSSR count). The minimum absolute atomic E-state index is 0.0163. The van der Waals surface area contributed by atoms with Gasteiger partial charge in [-0.05, 0) is 31.5 Å². The van der Waals surface area contributed by atoms with Crippen molar-refractivity contribution in [1.29, 1.82) is 0 Å². The molecule has 2 heterocycles. The molecule has 7 heteroatoms. The van der Waals surface area contributed by atoms with Crippen molar-refractivity contribution >= 4 is 22.8 Å². The van der Waals surface area contributed by atoms with Crippen molar-refractivity contribution in [1.82, 2.24) is 14.8 Å². The van der Waals surface area contributed by atoms with Crippen molar-refractivity contribution in [2.45, 2.75) is 13.8 Å². The monoisotopic (exact) mass is 403 g/mol. The molecule has 7 nitrogen and oxygen atoms in total. The summed E-state index contributed by atoms with van der Waals surface area (Å²) >= 11 is 0. The van der Waals surface area contributed by atoms with Gasteiger partial charge in [0.25, 0.3) is 0 Å². The third-order valence-corrected chi connectivity index (χ3v) is 5.25. The van der Waals surface area contributed by atoms with Crippen LogP contribution in [0.4, 0.5) is 0 Å². The average Bonchev–Trinajstić information content (AvgIpc) is 3.31. The molecule has 2 aromatic heterocycles. The summed E-state index contributed by atoms with van der Waals surface area (Å²) in [5, 5.41) is 5.70. The molecule has 30 heavy (non-hydrogen) atoms. The SMILES string of the molecule is COC(=O)c1c(-c2cccc3c(C)c(C)[nH]c23)nn(-c2ccccc2)c1C(=O)OC. The van der Waals surface area contributed by atoms with Crippen molar-refractivity contribution in [2.75, 3.05) is 14.2 Å². The Kier molecular flexibility index (Phi) is 4.87. The predicted molar refractivity (Wildman–Crippen MR) is 113 cm³/mol. The highest BCUT2D eigenvalue weighted by Crippen LogP contribution is 2.35. The van der Waals surface area contributed by atoms with Gasteiger partial charge in [-0.15, -0.1) is 0 Å². The summed E-state index contributed by atoms with van der Waals surface area (Å²) < 4.78 is 11.4. The highest BCUT2D eigenvalue weighted by atomic mass is 16.5. The maximum atomic E-state index is 12.8. The van der Waals surface area contributed by atoms with Gasteiger partial charge in [-0.3, -0.25) is 0 Å². The topological polar surface area (TPSA) is 86.2 Å². The molecule has 0 radical (unpaired) electrons. The number of carbonyl (C=O) groups is 2. The lowest BCUT2D eigenvalue weighted by Crippen LogP contribution is -2.15. The number of esters is 2. The predicted octanol–water partition coefficient (Wildman–Crippen LogP) is 4.21. The van der Waals surface area contributed by atoms with Gasteiger partial charge in [-0.2, -0.15) is 5.10 Å². The zero-order valence-electron chi connectivity index (χ0n) is 17.1. The minimum Gasteiger partial charge on any atom is -0.465 e. The molecule has 0 atom stereocenters. The number of hydrogen-bond donors (Lipinski definition) is 1. The largest absolute Gasteiger partial charge is 0.465 e. The van der Waals surface area contributed by atoms with Gasteiger partial charge in [-0.25, -0.2) is 14.3 Å². The maximum absolute atomic E-state index is 12.8. The van der Waals surface area contributed by atoms with Crippen LogP contribution in [0, 0.1) is 13.8 Å². The van der Waals surface area contributed by atoms with Crippen LogP contribution < -0.4 is 0 Å². The summed E-state index contributed by atoms with van der Waals surface area (Å²) in [6, 6.07) is 14.9. The van der Waals surface area contributed by atoms with Gasteiger partial charge in [0.2, 0.25) is 0 Å². The molecule has 0 aliphatic heterocycles. The van der Waals surface area contributed by atoms with Crippen molar-refractivity contribution < 1.29 is 19.1 Å². The summed E-state index contributed by atoms with van der Waals surface area (Å²) in [6.07, 6.45) is 0. The van der Waals surface area contributed by atoms with E-state index in [4.69, 9.17) is 9.47 Å². The van der Waals surface area contributed by atoms with E-state index in [0.29, 0.717) is 16.9 Å². The number of methoxy groups -OCH3 is 2. The molecule has 0 bridgehead atoms. The summed E-state index contributed by atoms with van der Waals surface area (Å²) in [4.78, 5) is 28.9. The van der Waals surface area contributed by atoms with E-state index in [9.17, 15) is 9.59 Å². The fourth-order valence-corrected chi connectivity index (χ4v) is 3.62. The summed E-state index contributed by atoms with van der Waals surface area (Å²) in [6.45, 7) is 4.02. The van der Waals surface area contributed by atoms with E-state index < -0.39 is 11.9 Å². The molecule has 0 saturated carbocycles. The molecule has 152 valence electrons. The number of ether oxygens (including phenoxy) is 2. The first kappa shape index (κ1) is 19.4. The Hall–Kier alpha value is -3.87. The number of carbonyl (C=O) groups excluding carboxylic acids is 2. The Morgan fingerprint density at radius 1 is 0.933 bits per heavy atom. The Balaban J connectivity index is 2.11. The van der Waals surface area contributed by atoms with Crippen LogP contribution >= 0.6 is 0 Å². The molecule has 0 aliphatic rings. The number of nitrogens with one attached hydrogen (secondary N) is 1. The van der Waals surface area contributed by atoms with Gasteiger partial charge in [0.05, 0.1) is 25.4 Å². The third-order valence-electron chi connectivity index (χ3n) is 5.25. The highest BCUT2D eigenvalue weighted by Gasteiger charge is 2.32. The van der Waals surface area contributed by atoms with Crippen LogP contribution in [0.2, 0.25) is 0 Å². The molecule has 0 unspecified atom stereocenters. The standard InChI is InChI=1S/C23H21N3O4/c1-13-14(2)24-19-16(13)11-8-12-17(19)20-18(22(27)29-3)21(23(28)30-4)26(25-20)15-9-6-5-7-10-15/h5-12,24H,1-4H3. The van der Waals surface area contributed by atoms with Gasteiger partial charge < -0.3 is 14.5 Å². The number of fused-ring (bicyclic) bond motifs is 1. The quantitative estimate of drug-likeness (QED) is 0.516. The van der Waals surface area contributed by atoms with Gasteiger partial charge in [-0.1, -0.05) is 36.4 Å². The van der Waals surface area contributed by atoms with E-state index in [1.54, 1.807) is 12.1 Å². The van der Waals surface area contributed by atoms with E-state index in [2.05, 4.69) is 10.1 Å². The number of nitrogens with zero attached hydrogens (tertiary/aromatic N) is 2. The van der Waals surface area contributed by atoms with Crippen LogP contribution in [0.5, 0.6) is 0 Å². The zero-order valence-corrected chi connectivity index (χ0v) is 17.1. The molecular weight excluding hydrogens is 382 g/mol. The van der Waals surface area contributed by atoms with Gasteiger partial charge in [0.15, 0.2) is 5.69 Å². The van der Waals surface area contributed by atoms with E-state index in [1.807, 2.05) is 50.2 Å². The third kappa shape index (κ3) is 2.95. The van der Waals surface area contributed by atoms with Crippen LogP contribution in [0.1, 0.15) is 32.1 Å². The van der Waals surface area contributed by atoms with Crippen LogP contribution in [-0.2, 0) is 9.47 Å². The minimum atomic E-state index is -0.677. The fourth-order valence-electron chi connectivity index (χ4n) is 3.62. The lowest BCUT2D eigenvalue weighted by molar-refractivity contribution is 0.0549. The first-order valence-electron chi connectivity index (χ1n) is 9.41. The molecule has 0 fully saturated rings. The number of aromatic nitrogens is 3. The molecule has 0 spiro atoms. The Morgan fingerprint density at radius 2 is 1.63 bits per heavy atom. The lowest BCUT2D eigenvalue weighted by Gasteiger charge is -2.07. The van der Waals surface area contributed by atoms with Crippen molar-refractivity contribution in [3.05, 3.63) is 71.0 Å². The molecule has 0 aliphatic carbocycles.